The van der Waals surface area contributed by atoms with Gasteiger partial charge in [0.1, 0.15) is 11.5 Å². The second-order valence-corrected chi connectivity index (χ2v) is 8.11. The van der Waals surface area contributed by atoms with Crippen molar-refractivity contribution >= 4 is 40.4 Å². The first-order chi connectivity index (χ1) is 16.2. The van der Waals surface area contributed by atoms with Crippen LogP contribution in [0.5, 0.6) is 0 Å². The molecular weight excluding hydrogens is 459 g/mol. The first kappa shape index (κ1) is 23.0. The lowest BCUT2D eigenvalue weighted by atomic mass is 10.1. The number of allylic oxidation sites excluding steroid dienone is 2. The van der Waals surface area contributed by atoms with Crippen LogP contribution in [0.1, 0.15) is 21.7 Å². The average Bonchev–Trinajstić information content (AvgIpc) is 3.08. The molecule has 7 nitrogen and oxygen atoms in total. The molecule has 0 fully saturated rings. The summed E-state index contributed by atoms with van der Waals surface area (Å²) >= 11 is 6.28. The summed E-state index contributed by atoms with van der Waals surface area (Å²) in [6, 6.07) is 11.3. The van der Waals surface area contributed by atoms with Gasteiger partial charge in [0, 0.05) is 35.1 Å². The Labute approximate surface area is 198 Å². The van der Waals surface area contributed by atoms with Gasteiger partial charge in [0.25, 0.3) is 5.56 Å². The molecule has 1 aromatic carbocycles. The number of nitrogens with two attached hydrogens (primary N) is 1. The van der Waals surface area contributed by atoms with Crippen LogP contribution in [-0.4, -0.2) is 25.6 Å². The molecule has 0 amide bonds. The summed E-state index contributed by atoms with van der Waals surface area (Å²) in [5.74, 6) is -1.92. The zero-order valence-corrected chi connectivity index (χ0v) is 18.9. The van der Waals surface area contributed by atoms with Crippen molar-refractivity contribution in [3.8, 4) is 11.1 Å². The Morgan fingerprint density at radius 1 is 1.32 bits per heavy atom. The molecule has 0 unspecified atom stereocenters. The van der Waals surface area contributed by atoms with Gasteiger partial charge in [0.15, 0.2) is 0 Å². The number of rotatable bonds is 6. The fourth-order valence-corrected chi connectivity index (χ4v) is 3.91. The molecule has 0 saturated carbocycles. The SMILES string of the molecule is C=C(Cl)/C(=C\c1ccccc1N)Cn1c(C(=O)O)c(-c2ccc[nH]c2=O)c2nc(C)c(F)cc21. The Morgan fingerprint density at radius 3 is 2.71 bits per heavy atom. The number of nitrogens with zero attached hydrogens (tertiary/aromatic N) is 2. The molecular formula is C25H20ClFN4O3. The van der Waals surface area contributed by atoms with E-state index in [9.17, 15) is 19.1 Å². The summed E-state index contributed by atoms with van der Waals surface area (Å²) in [7, 11) is 0. The zero-order valence-electron chi connectivity index (χ0n) is 18.1. The molecule has 4 aromatic rings. The van der Waals surface area contributed by atoms with E-state index in [2.05, 4.69) is 16.5 Å². The largest absolute Gasteiger partial charge is 0.477 e. The standard InChI is InChI=1S/C25H20ClFN4O3/c1-13(26)16(10-15-6-3-4-8-19(15)28)12-31-20-11-18(27)14(2)30-22(20)21(23(31)25(33)34)17-7-5-9-29-24(17)32/h3-11H,1,12,28H2,2H3,(H,29,32)(H,33,34)/b16-10-. The van der Waals surface area contributed by atoms with Crippen LogP contribution >= 0.6 is 11.6 Å². The van der Waals surface area contributed by atoms with Gasteiger partial charge in [-0.25, -0.2) is 14.2 Å². The summed E-state index contributed by atoms with van der Waals surface area (Å²) in [6.07, 6.45) is 3.13. The molecule has 0 atom stereocenters. The van der Waals surface area contributed by atoms with Crippen molar-refractivity contribution in [2.24, 2.45) is 0 Å². The van der Waals surface area contributed by atoms with E-state index in [0.29, 0.717) is 16.8 Å². The van der Waals surface area contributed by atoms with Crippen LogP contribution in [0, 0.1) is 12.7 Å². The van der Waals surface area contributed by atoms with Gasteiger partial charge in [0.05, 0.1) is 22.3 Å². The van der Waals surface area contributed by atoms with E-state index < -0.39 is 17.3 Å². The lowest BCUT2D eigenvalue weighted by Gasteiger charge is -2.13. The average molecular weight is 479 g/mol. The van der Waals surface area contributed by atoms with Crippen molar-refractivity contribution in [2.45, 2.75) is 13.5 Å². The van der Waals surface area contributed by atoms with Gasteiger partial charge in [-0.2, -0.15) is 0 Å². The third-order valence-electron chi connectivity index (χ3n) is 5.46. The number of anilines is 1. The summed E-state index contributed by atoms with van der Waals surface area (Å²) in [5, 5.41) is 10.3. The number of carbonyl (C=O) groups is 1. The van der Waals surface area contributed by atoms with Gasteiger partial charge in [-0.3, -0.25) is 4.79 Å². The van der Waals surface area contributed by atoms with Crippen LogP contribution < -0.4 is 11.3 Å². The minimum absolute atomic E-state index is 0.0739. The molecule has 0 saturated heterocycles. The summed E-state index contributed by atoms with van der Waals surface area (Å²) in [4.78, 5) is 31.9. The molecule has 0 aliphatic carbocycles. The summed E-state index contributed by atoms with van der Waals surface area (Å²) in [5.41, 5.74) is 7.58. The lowest BCUT2D eigenvalue weighted by molar-refractivity contribution is 0.0687. The molecule has 4 N–H and O–H groups in total. The molecule has 4 rings (SSSR count). The number of fused-ring (bicyclic) bond motifs is 1. The number of pyridine rings is 2. The second-order valence-electron chi connectivity index (χ2n) is 7.65. The van der Waals surface area contributed by atoms with E-state index in [1.165, 1.54) is 29.8 Å². The Kier molecular flexibility index (Phi) is 6.08. The predicted molar refractivity (Wildman–Crippen MR) is 131 cm³/mol. The molecule has 3 aromatic heterocycles. The van der Waals surface area contributed by atoms with Gasteiger partial charge in [-0.05, 0) is 42.3 Å². The number of aromatic nitrogens is 3. The van der Waals surface area contributed by atoms with Gasteiger partial charge in [0.2, 0.25) is 0 Å². The van der Waals surface area contributed by atoms with Crippen molar-refractivity contribution in [3.63, 3.8) is 0 Å². The lowest BCUT2D eigenvalue weighted by Crippen LogP contribution is -2.14. The fourth-order valence-electron chi connectivity index (χ4n) is 3.80. The van der Waals surface area contributed by atoms with E-state index >= 15 is 0 Å². The highest BCUT2D eigenvalue weighted by Crippen LogP contribution is 2.35. The topological polar surface area (TPSA) is 114 Å². The maximum Gasteiger partial charge on any atom is 0.353 e. The monoisotopic (exact) mass is 478 g/mol. The minimum atomic E-state index is -1.31. The predicted octanol–water partition coefficient (Wildman–Crippen LogP) is 4.96. The number of aromatic carboxylic acids is 1. The third-order valence-corrected chi connectivity index (χ3v) is 5.70. The molecule has 9 heteroatoms. The first-order valence-corrected chi connectivity index (χ1v) is 10.6. The van der Waals surface area contributed by atoms with Gasteiger partial charge in [-0.15, -0.1) is 0 Å². The van der Waals surface area contributed by atoms with E-state index in [-0.39, 0.29) is 45.1 Å². The van der Waals surface area contributed by atoms with Crippen molar-refractivity contribution in [1.29, 1.82) is 0 Å². The van der Waals surface area contributed by atoms with Gasteiger partial charge < -0.3 is 20.4 Å². The number of carboxylic acids is 1. The maximum atomic E-state index is 14.6. The zero-order chi connectivity index (χ0) is 24.6. The van der Waals surface area contributed by atoms with E-state index in [1.807, 2.05) is 0 Å². The van der Waals surface area contributed by atoms with Gasteiger partial charge in [-0.1, -0.05) is 36.4 Å². The number of benzene rings is 1. The van der Waals surface area contributed by atoms with E-state index in [1.54, 1.807) is 36.4 Å². The molecule has 0 aliphatic heterocycles. The normalized spacial score (nSPS) is 11.7. The highest BCUT2D eigenvalue weighted by Gasteiger charge is 2.27. The van der Waals surface area contributed by atoms with Crippen LogP contribution in [0.25, 0.3) is 28.2 Å². The second kappa shape index (κ2) is 8.99. The number of hydrogen-bond acceptors (Lipinski definition) is 4. The Balaban J connectivity index is 2.05. The van der Waals surface area contributed by atoms with Crippen LogP contribution in [0.2, 0.25) is 0 Å². The molecule has 172 valence electrons. The fraction of sp³-hybridized carbons (Fsp3) is 0.0800. The smallest absolute Gasteiger partial charge is 0.353 e. The number of carboxylic acid groups (broad SMARTS) is 1. The van der Waals surface area contributed by atoms with E-state index in [4.69, 9.17) is 17.3 Å². The van der Waals surface area contributed by atoms with Crippen molar-refractivity contribution in [2.75, 3.05) is 5.73 Å². The van der Waals surface area contributed by atoms with Crippen molar-refractivity contribution in [3.05, 3.63) is 99.0 Å². The number of aryl methyl sites for hydroxylation is 1. The Morgan fingerprint density at radius 2 is 2.06 bits per heavy atom. The van der Waals surface area contributed by atoms with Crippen LogP contribution in [0.15, 0.2) is 70.6 Å². The number of nitrogen functional groups attached to an aromatic ring is 1. The Hall–Kier alpha value is -4.17. The van der Waals surface area contributed by atoms with Crippen molar-refractivity contribution in [1.82, 2.24) is 14.5 Å². The van der Waals surface area contributed by atoms with Crippen LogP contribution in [0.3, 0.4) is 0 Å². The number of nitrogens with one attached hydrogen (secondary N) is 1. The molecule has 0 aliphatic rings. The minimum Gasteiger partial charge on any atom is -0.477 e. The van der Waals surface area contributed by atoms with Gasteiger partial charge >= 0.3 is 5.97 Å². The number of hydrogen-bond donors (Lipinski definition) is 3. The van der Waals surface area contributed by atoms with Crippen molar-refractivity contribution < 1.29 is 14.3 Å². The number of para-hydroxylation sites is 1. The Bertz CT molecular complexity index is 1550. The maximum absolute atomic E-state index is 14.6. The van der Waals surface area contributed by atoms with E-state index in [0.717, 1.165) is 0 Å². The molecule has 0 radical (unpaired) electrons. The van der Waals surface area contributed by atoms with Crippen LogP contribution in [-0.2, 0) is 6.54 Å². The molecule has 0 spiro atoms. The van der Waals surface area contributed by atoms with Crippen LogP contribution in [0.4, 0.5) is 10.1 Å². The summed E-state index contributed by atoms with van der Waals surface area (Å²) in [6.45, 7) is 5.18. The highest BCUT2D eigenvalue weighted by molar-refractivity contribution is 6.32. The molecule has 0 bridgehead atoms. The third kappa shape index (κ3) is 4.11. The first-order valence-electron chi connectivity index (χ1n) is 10.2. The highest BCUT2D eigenvalue weighted by atomic mass is 35.5. The quantitative estimate of drug-likeness (QED) is 0.268. The molecule has 3 heterocycles. The number of H-pyrrole nitrogens is 1. The number of halogens is 2. The number of aromatic amines is 1. The summed E-state index contributed by atoms with van der Waals surface area (Å²) < 4.78 is 16.0. The molecule has 34 heavy (non-hydrogen) atoms.